The van der Waals surface area contributed by atoms with Crippen LogP contribution in [0.3, 0.4) is 0 Å². The Bertz CT molecular complexity index is 408. The monoisotopic (exact) mass is 269 g/mol. The summed E-state index contributed by atoms with van der Waals surface area (Å²) in [7, 11) is 1.69. The van der Waals surface area contributed by atoms with Gasteiger partial charge in [0.25, 0.3) is 0 Å². The molecule has 6 nitrogen and oxygen atoms in total. The molecule has 0 bridgehead atoms. The number of nitrogens with two attached hydrogens (primary N) is 1. The van der Waals surface area contributed by atoms with Crippen LogP contribution >= 0.6 is 11.3 Å². The van der Waals surface area contributed by atoms with E-state index in [1.807, 2.05) is 6.20 Å². The number of thiazole rings is 1. The number of piperidine rings is 1. The van der Waals surface area contributed by atoms with E-state index in [0.29, 0.717) is 5.13 Å². The minimum atomic E-state index is -0.0138. The van der Waals surface area contributed by atoms with E-state index in [1.165, 1.54) is 11.3 Å². The molecular weight excluding hydrogens is 250 g/mol. The van der Waals surface area contributed by atoms with Crippen molar-refractivity contribution in [1.29, 1.82) is 0 Å². The summed E-state index contributed by atoms with van der Waals surface area (Å²) in [4.78, 5) is 19.3. The number of hydrogen-bond donors (Lipinski definition) is 3. The van der Waals surface area contributed by atoms with E-state index in [9.17, 15) is 4.79 Å². The Hall–Kier alpha value is -1.18. The topological polar surface area (TPSA) is 83.3 Å². The molecule has 2 heterocycles. The summed E-state index contributed by atoms with van der Waals surface area (Å²) >= 11 is 1.53. The Morgan fingerprint density at radius 3 is 3.17 bits per heavy atom. The second-order valence-corrected chi connectivity index (χ2v) is 5.49. The van der Waals surface area contributed by atoms with Crippen molar-refractivity contribution in [3.05, 3.63) is 11.1 Å². The highest BCUT2D eigenvalue weighted by Crippen LogP contribution is 2.23. The van der Waals surface area contributed by atoms with Gasteiger partial charge in [-0.25, -0.2) is 10.8 Å². The lowest BCUT2D eigenvalue weighted by Gasteiger charge is -2.33. The van der Waals surface area contributed by atoms with Gasteiger partial charge < -0.3 is 5.32 Å². The molecule has 1 amide bonds. The van der Waals surface area contributed by atoms with Gasteiger partial charge in [0, 0.05) is 24.7 Å². The third-order valence-corrected chi connectivity index (χ3v) is 4.11. The second kappa shape index (κ2) is 6.12. The average Bonchev–Trinajstić information content (AvgIpc) is 2.86. The number of carbonyl (C=O) groups is 1. The molecule has 1 aliphatic rings. The molecule has 1 saturated heterocycles. The summed E-state index contributed by atoms with van der Waals surface area (Å²) in [6.45, 7) is 1.72. The van der Waals surface area contributed by atoms with Crippen molar-refractivity contribution >= 4 is 22.4 Å². The van der Waals surface area contributed by atoms with Crippen LogP contribution in [0.4, 0.5) is 5.13 Å². The average molecular weight is 269 g/mol. The van der Waals surface area contributed by atoms with Crippen LogP contribution in [-0.4, -0.2) is 35.4 Å². The highest BCUT2D eigenvalue weighted by molar-refractivity contribution is 7.15. The molecule has 100 valence electrons. The summed E-state index contributed by atoms with van der Waals surface area (Å²) in [6.07, 6.45) is 5.01. The highest BCUT2D eigenvalue weighted by atomic mass is 32.1. The van der Waals surface area contributed by atoms with Gasteiger partial charge in [-0.3, -0.25) is 15.1 Å². The van der Waals surface area contributed by atoms with Crippen molar-refractivity contribution in [3.63, 3.8) is 0 Å². The quantitative estimate of drug-likeness (QED) is 0.548. The first-order chi connectivity index (χ1) is 8.74. The van der Waals surface area contributed by atoms with Gasteiger partial charge in [0.2, 0.25) is 5.91 Å². The molecule has 7 heteroatoms. The number of nitrogens with zero attached hydrogens (tertiary/aromatic N) is 2. The van der Waals surface area contributed by atoms with E-state index in [1.54, 1.807) is 7.05 Å². The van der Waals surface area contributed by atoms with Gasteiger partial charge in [-0.05, 0) is 19.4 Å². The first kappa shape index (κ1) is 13.3. The van der Waals surface area contributed by atoms with Crippen LogP contribution in [0.25, 0.3) is 0 Å². The van der Waals surface area contributed by atoms with Gasteiger partial charge >= 0.3 is 0 Å². The minimum absolute atomic E-state index is 0.0138. The summed E-state index contributed by atoms with van der Waals surface area (Å²) in [5.41, 5.74) is 2.54. The molecule has 18 heavy (non-hydrogen) atoms. The zero-order valence-electron chi connectivity index (χ0n) is 10.5. The standard InChI is InChI=1S/C11H19N5OS/c1-13-10(17)9-4-2-3-5-16(9)7-8-6-14-11(15-12)18-8/h6,9H,2-5,7,12H2,1H3,(H,13,17)(H,14,15). The molecule has 1 aromatic heterocycles. The summed E-state index contributed by atoms with van der Waals surface area (Å²) < 4.78 is 0. The number of likely N-dealkylation sites (N-methyl/N-ethyl adjacent to an activating group) is 1. The van der Waals surface area contributed by atoms with Crippen molar-refractivity contribution in [2.45, 2.75) is 31.8 Å². The van der Waals surface area contributed by atoms with Crippen LogP contribution in [0.2, 0.25) is 0 Å². The molecule has 1 aliphatic heterocycles. The maximum atomic E-state index is 11.8. The van der Waals surface area contributed by atoms with Gasteiger partial charge in [-0.1, -0.05) is 17.8 Å². The summed E-state index contributed by atoms with van der Waals surface area (Å²) in [5.74, 6) is 5.42. The Morgan fingerprint density at radius 2 is 2.50 bits per heavy atom. The van der Waals surface area contributed by atoms with Crippen LogP contribution < -0.4 is 16.6 Å². The molecule has 2 rings (SSSR count). The Labute approximate surface area is 111 Å². The summed E-state index contributed by atoms with van der Waals surface area (Å²) in [5, 5.41) is 3.45. The summed E-state index contributed by atoms with van der Waals surface area (Å²) in [6, 6.07) is -0.0138. The first-order valence-corrected chi connectivity index (χ1v) is 6.93. The van der Waals surface area contributed by atoms with E-state index in [4.69, 9.17) is 5.84 Å². The smallest absolute Gasteiger partial charge is 0.237 e. The maximum Gasteiger partial charge on any atom is 0.237 e. The van der Waals surface area contributed by atoms with Crippen molar-refractivity contribution in [3.8, 4) is 0 Å². The van der Waals surface area contributed by atoms with Gasteiger partial charge in [0.05, 0.1) is 6.04 Å². The predicted octanol–water partition coefficient (Wildman–Crippen LogP) is 0.529. The fourth-order valence-corrected chi connectivity index (χ4v) is 3.04. The van der Waals surface area contributed by atoms with Crippen LogP contribution in [0.5, 0.6) is 0 Å². The van der Waals surface area contributed by atoms with Gasteiger partial charge in [0.15, 0.2) is 5.13 Å². The molecule has 1 aromatic rings. The number of anilines is 1. The van der Waals surface area contributed by atoms with E-state index in [-0.39, 0.29) is 11.9 Å². The number of likely N-dealkylation sites (tertiary alicyclic amines) is 1. The number of amides is 1. The Kier molecular flexibility index (Phi) is 4.51. The molecule has 0 aromatic carbocycles. The number of hydrogen-bond acceptors (Lipinski definition) is 6. The van der Waals surface area contributed by atoms with Crippen LogP contribution in [-0.2, 0) is 11.3 Å². The van der Waals surface area contributed by atoms with Crippen LogP contribution in [0, 0.1) is 0 Å². The molecular formula is C11H19N5OS. The van der Waals surface area contributed by atoms with Gasteiger partial charge in [-0.2, -0.15) is 0 Å². The fraction of sp³-hybridized carbons (Fsp3) is 0.636. The molecule has 1 fully saturated rings. The number of carbonyl (C=O) groups excluding carboxylic acids is 1. The SMILES string of the molecule is CNC(=O)C1CCCCN1Cc1cnc(NN)s1. The maximum absolute atomic E-state index is 11.8. The van der Waals surface area contributed by atoms with Gasteiger partial charge in [0.1, 0.15) is 0 Å². The highest BCUT2D eigenvalue weighted by Gasteiger charge is 2.28. The normalized spacial score (nSPS) is 20.7. The first-order valence-electron chi connectivity index (χ1n) is 6.11. The van der Waals surface area contributed by atoms with E-state index >= 15 is 0 Å². The van der Waals surface area contributed by atoms with Crippen molar-refractivity contribution in [2.75, 3.05) is 19.0 Å². The number of nitrogens with one attached hydrogen (secondary N) is 2. The fourth-order valence-electron chi connectivity index (χ4n) is 2.29. The number of nitrogen functional groups attached to an aromatic ring is 1. The van der Waals surface area contributed by atoms with Crippen molar-refractivity contribution in [1.82, 2.24) is 15.2 Å². The van der Waals surface area contributed by atoms with Crippen molar-refractivity contribution in [2.24, 2.45) is 5.84 Å². The molecule has 1 atom stereocenters. The van der Waals surface area contributed by atoms with E-state index in [0.717, 1.165) is 37.2 Å². The second-order valence-electron chi connectivity index (χ2n) is 4.37. The lowest BCUT2D eigenvalue weighted by atomic mass is 10.0. The Balaban J connectivity index is 2.02. The molecule has 0 spiro atoms. The number of hydrazine groups is 1. The zero-order valence-corrected chi connectivity index (χ0v) is 11.3. The minimum Gasteiger partial charge on any atom is -0.358 e. The number of rotatable bonds is 4. The predicted molar refractivity (Wildman–Crippen MR) is 72.0 cm³/mol. The molecule has 0 aliphatic carbocycles. The largest absolute Gasteiger partial charge is 0.358 e. The number of aromatic nitrogens is 1. The molecule has 1 unspecified atom stereocenters. The van der Waals surface area contributed by atoms with Crippen LogP contribution in [0.1, 0.15) is 24.1 Å². The molecule has 4 N–H and O–H groups in total. The molecule has 0 saturated carbocycles. The van der Waals surface area contributed by atoms with Crippen molar-refractivity contribution < 1.29 is 4.79 Å². The van der Waals surface area contributed by atoms with E-state index in [2.05, 4.69) is 20.6 Å². The third-order valence-electron chi connectivity index (χ3n) is 3.20. The van der Waals surface area contributed by atoms with Gasteiger partial charge in [-0.15, -0.1) is 0 Å². The van der Waals surface area contributed by atoms with Crippen LogP contribution in [0.15, 0.2) is 6.20 Å². The Morgan fingerprint density at radius 1 is 1.67 bits per heavy atom. The lowest BCUT2D eigenvalue weighted by Crippen LogP contribution is -2.48. The lowest BCUT2D eigenvalue weighted by molar-refractivity contribution is -0.127. The third kappa shape index (κ3) is 2.98. The molecule has 0 radical (unpaired) electrons. The zero-order chi connectivity index (χ0) is 13.0. The van der Waals surface area contributed by atoms with E-state index < -0.39 is 0 Å².